The molecule has 2 aromatic rings. The second-order valence-corrected chi connectivity index (χ2v) is 10.0. The normalized spacial score (nSPS) is 15.7. The van der Waals surface area contributed by atoms with E-state index < -0.39 is 6.04 Å². The Bertz CT molecular complexity index is 959. The van der Waals surface area contributed by atoms with Gasteiger partial charge in [-0.05, 0) is 47.9 Å². The van der Waals surface area contributed by atoms with Gasteiger partial charge in [0.15, 0.2) is 0 Å². The third-order valence-corrected chi connectivity index (χ3v) is 7.07. The van der Waals surface area contributed by atoms with Crippen molar-refractivity contribution in [2.75, 3.05) is 7.05 Å². The standard InChI is InChI=1S/C29H36ClN2O3/c1-32(20-22-9-4-2-5-10-22)29(35)16-15-27(21-33)31-28(34)19-25(24-12-6-3-7-13-24)17-23-11-8-14-26(30)18-23/h2,4-5,8-11,14,18-19,21,24-25,27H,3,6-7,12-13,15-17,20H2,1H3,(H,31,34)/t25-,27+/m1/s1. The first-order valence-electron chi connectivity index (χ1n) is 12.6. The summed E-state index contributed by atoms with van der Waals surface area (Å²) >= 11 is 6.18. The van der Waals surface area contributed by atoms with Gasteiger partial charge in [-0.3, -0.25) is 9.59 Å². The van der Waals surface area contributed by atoms with Crippen LogP contribution in [0, 0.1) is 18.3 Å². The highest BCUT2D eigenvalue weighted by atomic mass is 35.5. The molecule has 5 nitrogen and oxygen atoms in total. The maximum Gasteiger partial charge on any atom is 0.224 e. The molecular weight excluding hydrogens is 460 g/mol. The van der Waals surface area contributed by atoms with Crippen molar-refractivity contribution < 1.29 is 14.4 Å². The Morgan fingerprint density at radius 3 is 2.46 bits per heavy atom. The smallest absolute Gasteiger partial charge is 0.224 e. The van der Waals surface area contributed by atoms with Gasteiger partial charge in [0.2, 0.25) is 11.8 Å². The Morgan fingerprint density at radius 1 is 1.06 bits per heavy atom. The van der Waals surface area contributed by atoms with Crippen LogP contribution in [0.4, 0.5) is 0 Å². The SMILES string of the molecule is CN(Cc1ccccc1)C(=O)CC[C@@H](C=O)NC(=O)[CH][C@@H](Cc1cccc(Cl)c1)C1CCCCC1. The topological polar surface area (TPSA) is 66.5 Å². The number of nitrogens with one attached hydrogen (secondary N) is 1. The summed E-state index contributed by atoms with van der Waals surface area (Å²) in [6.07, 6.45) is 9.51. The van der Waals surface area contributed by atoms with Gasteiger partial charge in [-0.15, -0.1) is 0 Å². The number of aldehydes is 1. The number of nitrogens with zero attached hydrogens (tertiary/aromatic N) is 1. The summed E-state index contributed by atoms with van der Waals surface area (Å²) in [7, 11) is 1.75. The zero-order valence-electron chi connectivity index (χ0n) is 20.5. The van der Waals surface area contributed by atoms with E-state index in [-0.39, 0.29) is 30.6 Å². The van der Waals surface area contributed by atoms with Crippen molar-refractivity contribution in [2.45, 2.75) is 64.0 Å². The number of hydrogen-bond acceptors (Lipinski definition) is 3. The molecule has 0 spiro atoms. The molecule has 2 aromatic carbocycles. The van der Waals surface area contributed by atoms with Gasteiger partial charge in [-0.2, -0.15) is 0 Å². The molecule has 3 rings (SSSR count). The summed E-state index contributed by atoms with van der Waals surface area (Å²) in [5.41, 5.74) is 2.16. The van der Waals surface area contributed by atoms with E-state index in [0.29, 0.717) is 17.5 Å². The van der Waals surface area contributed by atoms with Crippen LogP contribution in [0.1, 0.15) is 56.1 Å². The van der Waals surface area contributed by atoms with E-state index >= 15 is 0 Å². The number of carbonyl (C=O) groups is 3. The van der Waals surface area contributed by atoms with E-state index in [1.165, 1.54) is 19.3 Å². The van der Waals surface area contributed by atoms with Crippen molar-refractivity contribution in [3.63, 3.8) is 0 Å². The lowest BCUT2D eigenvalue weighted by Gasteiger charge is -2.30. The van der Waals surface area contributed by atoms with Gasteiger partial charge in [-0.1, -0.05) is 86.2 Å². The van der Waals surface area contributed by atoms with Gasteiger partial charge in [0, 0.05) is 25.0 Å². The van der Waals surface area contributed by atoms with E-state index in [0.717, 1.165) is 36.7 Å². The summed E-state index contributed by atoms with van der Waals surface area (Å²) in [5.74, 6) is 0.223. The predicted molar refractivity (Wildman–Crippen MR) is 140 cm³/mol. The lowest BCUT2D eigenvalue weighted by molar-refractivity contribution is -0.131. The number of hydrogen-bond donors (Lipinski definition) is 1. The predicted octanol–water partition coefficient (Wildman–Crippen LogP) is 5.41. The Morgan fingerprint density at radius 2 is 1.77 bits per heavy atom. The van der Waals surface area contributed by atoms with Crippen LogP contribution in [0.3, 0.4) is 0 Å². The number of amides is 2. The van der Waals surface area contributed by atoms with Crippen LogP contribution in [0.15, 0.2) is 54.6 Å². The molecule has 1 radical (unpaired) electrons. The zero-order chi connectivity index (χ0) is 25.0. The van der Waals surface area contributed by atoms with Crippen molar-refractivity contribution in [3.8, 4) is 0 Å². The Balaban J connectivity index is 1.52. The maximum atomic E-state index is 12.9. The van der Waals surface area contributed by atoms with Gasteiger partial charge in [0.1, 0.15) is 6.29 Å². The van der Waals surface area contributed by atoms with E-state index in [1.54, 1.807) is 18.4 Å². The summed E-state index contributed by atoms with van der Waals surface area (Å²) < 4.78 is 0. The van der Waals surface area contributed by atoms with Crippen LogP contribution in [0.2, 0.25) is 5.02 Å². The second kappa shape index (κ2) is 14.0. The molecule has 2 amide bonds. The highest BCUT2D eigenvalue weighted by Gasteiger charge is 2.27. The van der Waals surface area contributed by atoms with Gasteiger partial charge < -0.3 is 15.0 Å². The molecule has 1 N–H and O–H groups in total. The third kappa shape index (κ3) is 9.14. The summed E-state index contributed by atoms with van der Waals surface area (Å²) in [6, 6.07) is 16.9. The molecule has 35 heavy (non-hydrogen) atoms. The average molecular weight is 496 g/mol. The number of benzene rings is 2. The van der Waals surface area contributed by atoms with Crippen LogP contribution < -0.4 is 5.32 Å². The minimum Gasteiger partial charge on any atom is -0.346 e. The van der Waals surface area contributed by atoms with Gasteiger partial charge in [-0.25, -0.2) is 0 Å². The van der Waals surface area contributed by atoms with E-state index in [1.807, 2.05) is 54.6 Å². The fraction of sp³-hybridized carbons (Fsp3) is 0.448. The number of carbonyl (C=O) groups excluding carboxylic acids is 3. The van der Waals surface area contributed by atoms with Crippen molar-refractivity contribution in [2.24, 2.45) is 11.8 Å². The molecule has 2 atom stereocenters. The van der Waals surface area contributed by atoms with Gasteiger partial charge >= 0.3 is 0 Å². The van der Waals surface area contributed by atoms with E-state index in [4.69, 9.17) is 11.6 Å². The fourth-order valence-electron chi connectivity index (χ4n) is 4.87. The molecule has 1 aliphatic carbocycles. The molecule has 0 bridgehead atoms. The van der Waals surface area contributed by atoms with E-state index in [9.17, 15) is 14.4 Å². The summed E-state index contributed by atoms with van der Waals surface area (Å²) in [6.45, 7) is 0.512. The van der Waals surface area contributed by atoms with Crippen LogP contribution in [0.25, 0.3) is 0 Å². The van der Waals surface area contributed by atoms with Crippen molar-refractivity contribution in [1.82, 2.24) is 10.2 Å². The van der Waals surface area contributed by atoms with Crippen molar-refractivity contribution in [1.29, 1.82) is 0 Å². The second-order valence-electron chi connectivity index (χ2n) is 9.59. The van der Waals surface area contributed by atoms with E-state index in [2.05, 4.69) is 5.32 Å². The molecule has 1 saturated carbocycles. The van der Waals surface area contributed by atoms with Gasteiger partial charge in [0.05, 0.1) is 12.5 Å². The quantitative estimate of drug-likeness (QED) is 0.400. The molecule has 1 aliphatic rings. The molecular formula is C29H36ClN2O3. The van der Waals surface area contributed by atoms with Crippen LogP contribution in [0.5, 0.6) is 0 Å². The first-order valence-corrected chi connectivity index (χ1v) is 13.0. The molecule has 0 saturated heterocycles. The first-order chi connectivity index (χ1) is 16.9. The number of halogens is 1. The molecule has 6 heteroatoms. The lowest BCUT2D eigenvalue weighted by atomic mass is 9.76. The maximum absolute atomic E-state index is 12.9. The van der Waals surface area contributed by atoms with Crippen molar-refractivity contribution in [3.05, 3.63) is 77.2 Å². The monoisotopic (exact) mass is 495 g/mol. The fourth-order valence-corrected chi connectivity index (χ4v) is 5.09. The molecule has 0 aliphatic heterocycles. The summed E-state index contributed by atoms with van der Waals surface area (Å²) in [5, 5.41) is 3.51. The minimum absolute atomic E-state index is 0.0556. The molecule has 0 aromatic heterocycles. The Labute approximate surface area is 214 Å². The zero-order valence-corrected chi connectivity index (χ0v) is 21.3. The lowest BCUT2D eigenvalue weighted by Crippen LogP contribution is -2.39. The molecule has 187 valence electrons. The first kappa shape index (κ1) is 26.9. The highest BCUT2D eigenvalue weighted by molar-refractivity contribution is 6.30. The number of rotatable bonds is 12. The van der Waals surface area contributed by atoms with Crippen LogP contribution in [-0.4, -0.2) is 36.1 Å². The Kier molecular flexibility index (Phi) is 10.8. The Hall–Kier alpha value is -2.66. The average Bonchev–Trinajstić information content (AvgIpc) is 2.87. The molecule has 0 heterocycles. The van der Waals surface area contributed by atoms with Crippen LogP contribution >= 0.6 is 11.6 Å². The molecule has 1 fully saturated rings. The molecule has 0 unspecified atom stereocenters. The van der Waals surface area contributed by atoms with Crippen LogP contribution in [-0.2, 0) is 27.3 Å². The third-order valence-electron chi connectivity index (χ3n) is 6.83. The minimum atomic E-state index is -0.689. The van der Waals surface area contributed by atoms with Gasteiger partial charge in [0.25, 0.3) is 0 Å². The summed E-state index contributed by atoms with van der Waals surface area (Å²) in [4.78, 5) is 38.8. The highest BCUT2D eigenvalue weighted by Crippen LogP contribution is 2.34. The van der Waals surface area contributed by atoms with Crippen molar-refractivity contribution >= 4 is 29.7 Å². The largest absolute Gasteiger partial charge is 0.346 e.